The minimum Gasteiger partial charge on any atom is -0.439 e. The number of aromatic nitrogens is 2. The number of aliphatic hydroxyl groups is 1. The molecule has 3 N–H and O–H groups in total. The van der Waals surface area contributed by atoms with E-state index in [-0.39, 0.29) is 30.3 Å². The fourth-order valence-electron chi connectivity index (χ4n) is 2.03. The maximum Gasteiger partial charge on any atom is 0.435 e. The summed E-state index contributed by atoms with van der Waals surface area (Å²) in [5, 5.41) is 13.0. The van der Waals surface area contributed by atoms with Crippen LogP contribution in [-0.2, 0) is 19.6 Å². The summed E-state index contributed by atoms with van der Waals surface area (Å²) < 4.78 is 45.9. The lowest BCUT2D eigenvalue weighted by Gasteiger charge is -2.13. The molecule has 2 rings (SSSR count). The van der Waals surface area contributed by atoms with Crippen molar-refractivity contribution in [3.63, 3.8) is 0 Å². The first-order valence-electron chi connectivity index (χ1n) is 6.65. The van der Waals surface area contributed by atoms with Gasteiger partial charge in [-0.3, -0.25) is 0 Å². The molecule has 0 fully saturated rings. The van der Waals surface area contributed by atoms with Crippen molar-refractivity contribution in [2.75, 3.05) is 6.61 Å². The fraction of sp³-hybridized carbons (Fsp3) is 0.357. The van der Waals surface area contributed by atoms with E-state index in [2.05, 4.69) is 5.10 Å². The number of hydrogen-bond donors (Lipinski definition) is 2. The highest BCUT2D eigenvalue weighted by Gasteiger charge is 2.39. The van der Waals surface area contributed by atoms with Crippen LogP contribution in [0.1, 0.15) is 11.3 Å². The van der Waals surface area contributed by atoms with E-state index in [1.807, 2.05) is 0 Å². The first kappa shape index (κ1) is 20.6. The minimum absolute atomic E-state index is 0. The van der Waals surface area contributed by atoms with Gasteiger partial charge in [-0.05, 0) is 30.7 Å². The van der Waals surface area contributed by atoms with Gasteiger partial charge in [0.25, 0.3) is 0 Å². The van der Waals surface area contributed by atoms with Crippen molar-refractivity contribution < 1.29 is 23.0 Å². The molecule has 0 bridgehead atoms. The molecule has 0 saturated carbocycles. The highest BCUT2D eigenvalue weighted by molar-refractivity contribution is 6.30. The topological polar surface area (TPSA) is 73.3 Å². The van der Waals surface area contributed by atoms with Gasteiger partial charge >= 0.3 is 6.18 Å². The third kappa shape index (κ3) is 4.76. The molecule has 0 saturated heterocycles. The predicted molar refractivity (Wildman–Crippen MR) is 85.7 cm³/mol. The Kier molecular flexibility index (Phi) is 6.91. The lowest BCUT2D eigenvalue weighted by molar-refractivity contribution is -0.142. The Labute approximate surface area is 147 Å². The monoisotopic (exact) mass is 385 g/mol. The van der Waals surface area contributed by atoms with Crippen molar-refractivity contribution >= 4 is 24.0 Å². The average Bonchev–Trinajstić information content (AvgIpc) is 2.78. The molecule has 10 heteroatoms. The number of alkyl halides is 3. The zero-order valence-electron chi connectivity index (χ0n) is 12.5. The Morgan fingerprint density at radius 1 is 1.33 bits per heavy atom. The molecule has 24 heavy (non-hydrogen) atoms. The highest BCUT2D eigenvalue weighted by atomic mass is 35.5. The number of benzene rings is 1. The molecule has 1 atom stereocenters. The van der Waals surface area contributed by atoms with Crippen molar-refractivity contribution in [2.45, 2.75) is 18.6 Å². The molecule has 2 aromatic rings. The third-order valence-corrected chi connectivity index (χ3v) is 3.34. The minimum atomic E-state index is -4.65. The molecular formula is C14H16Cl2F3N3O2. The predicted octanol–water partition coefficient (Wildman–Crippen LogP) is 3.17. The van der Waals surface area contributed by atoms with E-state index < -0.39 is 24.5 Å². The van der Waals surface area contributed by atoms with Crippen LogP contribution in [0.4, 0.5) is 13.2 Å². The summed E-state index contributed by atoms with van der Waals surface area (Å²) in [6, 6.07) is 5.30. The SMILES string of the molecule is Cl.Cn1nc(C(F)(F)F)c(CC(N)CO)c1Oc1ccc(Cl)cc1. The van der Waals surface area contributed by atoms with Crippen LogP contribution >= 0.6 is 24.0 Å². The van der Waals surface area contributed by atoms with Gasteiger partial charge < -0.3 is 15.6 Å². The number of aryl methyl sites for hydroxylation is 1. The first-order chi connectivity index (χ1) is 10.7. The van der Waals surface area contributed by atoms with Crippen molar-refractivity contribution in [1.82, 2.24) is 9.78 Å². The number of halogens is 5. The molecule has 1 heterocycles. The van der Waals surface area contributed by atoms with Crippen molar-refractivity contribution in [2.24, 2.45) is 12.8 Å². The molecule has 0 aliphatic heterocycles. The molecule has 0 aliphatic rings. The van der Waals surface area contributed by atoms with Crippen molar-refractivity contribution in [1.29, 1.82) is 0 Å². The molecule has 1 aromatic heterocycles. The van der Waals surface area contributed by atoms with Crippen LogP contribution in [0.15, 0.2) is 24.3 Å². The van der Waals surface area contributed by atoms with Gasteiger partial charge in [-0.15, -0.1) is 12.4 Å². The summed E-state index contributed by atoms with van der Waals surface area (Å²) in [5.74, 6) is 0.230. The second-order valence-corrected chi connectivity index (χ2v) is 5.39. The van der Waals surface area contributed by atoms with Gasteiger partial charge in [0.1, 0.15) is 5.75 Å². The molecule has 5 nitrogen and oxygen atoms in total. The third-order valence-electron chi connectivity index (χ3n) is 3.09. The Morgan fingerprint density at radius 3 is 2.42 bits per heavy atom. The summed E-state index contributed by atoms with van der Waals surface area (Å²) in [6.07, 6.45) is -4.87. The maximum atomic E-state index is 13.1. The molecule has 0 radical (unpaired) electrons. The van der Waals surface area contributed by atoms with Crippen LogP contribution in [0.3, 0.4) is 0 Å². The number of aliphatic hydroxyl groups excluding tert-OH is 1. The number of hydrogen-bond acceptors (Lipinski definition) is 4. The molecule has 0 spiro atoms. The van der Waals surface area contributed by atoms with Gasteiger partial charge in [-0.2, -0.15) is 18.3 Å². The van der Waals surface area contributed by atoms with Crippen molar-refractivity contribution in [3.05, 3.63) is 40.5 Å². The van der Waals surface area contributed by atoms with Gasteiger partial charge in [0.15, 0.2) is 5.69 Å². The van der Waals surface area contributed by atoms with Gasteiger partial charge in [0.2, 0.25) is 5.88 Å². The zero-order chi connectivity index (χ0) is 17.2. The lowest BCUT2D eigenvalue weighted by Crippen LogP contribution is -2.28. The van der Waals surface area contributed by atoms with Gasteiger partial charge in [0, 0.05) is 23.7 Å². The molecule has 1 aromatic carbocycles. The van der Waals surface area contributed by atoms with Crippen LogP contribution in [0.2, 0.25) is 5.02 Å². The standard InChI is InChI=1S/C14H15ClF3N3O2.ClH/c1-21-13(23-10-4-2-8(15)3-5-10)11(6-9(19)7-22)12(20-21)14(16,17)18;/h2-5,9,22H,6-7,19H2,1H3;1H. The molecule has 134 valence electrons. The van der Waals surface area contributed by atoms with Crippen LogP contribution in [0.5, 0.6) is 11.6 Å². The zero-order valence-corrected chi connectivity index (χ0v) is 14.1. The maximum absolute atomic E-state index is 13.1. The summed E-state index contributed by atoms with van der Waals surface area (Å²) in [7, 11) is 1.34. The smallest absolute Gasteiger partial charge is 0.435 e. The summed E-state index contributed by atoms with van der Waals surface area (Å²) >= 11 is 5.76. The Bertz CT molecular complexity index is 675. The summed E-state index contributed by atoms with van der Waals surface area (Å²) in [5.41, 5.74) is 4.31. The van der Waals surface area contributed by atoms with Crippen molar-refractivity contribution in [3.8, 4) is 11.6 Å². The second kappa shape index (κ2) is 8.06. The van der Waals surface area contributed by atoms with E-state index in [1.165, 1.54) is 19.2 Å². The van der Waals surface area contributed by atoms with E-state index in [1.54, 1.807) is 12.1 Å². The Morgan fingerprint density at radius 2 is 1.92 bits per heavy atom. The van der Waals surface area contributed by atoms with Crippen LogP contribution < -0.4 is 10.5 Å². The van der Waals surface area contributed by atoms with Crippen LogP contribution in [0, 0.1) is 0 Å². The van der Waals surface area contributed by atoms with E-state index in [4.69, 9.17) is 27.2 Å². The van der Waals surface area contributed by atoms with E-state index in [0.29, 0.717) is 10.8 Å². The normalized spacial score (nSPS) is 12.6. The Hall–Kier alpha value is -1.48. The second-order valence-electron chi connectivity index (χ2n) is 4.96. The van der Waals surface area contributed by atoms with Crippen LogP contribution in [0.25, 0.3) is 0 Å². The Balaban J connectivity index is 0.00000288. The average molecular weight is 386 g/mol. The largest absolute Gasteiger partial charge is 0.439 e. The van der Waals surface area contributed by atoms with Crippen LogP contribution in [-0.4, -0.2) is 27.5 Å². The molecule has 0 amide bonds. The van der Waals surface area contributed by atoms with Gasteiger partial charge in [-0.25, -0.2) is 4.68 Å². The number of nitrogens with two attached hydrogens (primary N) is 1. The van der Waals surface area contributed by atoms with Gasteiger partial charge in [0.05, 0.1) is 6.61 Å². The lowest BCUT2D eigenvalue weighted by atomic mass is 10.1. The molecular weight excluding hydrogens is 370 g/mol. The first-order valence-corrected chi connectivity index (χ1v) is 7.03. The quantitative estimate of drug-likeness (QED) is 0.828. The summed E-state index contributed by atoms with van der Waals surface area (Å²) in [6.45, 7) is -0.452. The number of ether oxygens (including phenoxy) is 1. The van der Waals surface area contributed by atoms with E-state index in [0.717, 1.165) is 4.68 Å². The fourth-order valence-corrected chi connectivity index (χ4v) is 2.16. The highest BCUT2D eigenvalue weighted by Crippen LogP contribution is 2.37. The van der Waals surface area contributed by atoms with E-state index >= 15 is 0 Å². The molecule has 1 unspecified atom stereocenters. The summed E-state index contributed by atoms with van der Waals surface area (Å²) in [4.78, 5) is 0. The number of rotatable bonds is 5. The number of nitrogens with zero attached hydrogens (tertiary/aromatic N) is 2. The van der Waals surface area contributed by atoms with E-state index in [9.17, 15) is 13.2 Å². The van der Waals surface area contributed by atoms with Gasteiger partial charge in [-0.1, -0.05) is 11.6 Å². The molecule has 0 aliphatic carbocycles.